The molecule has 0 aromatic heterocycles. The molecule has 0 saturated carbocycles. The Morgan fingerprint density at radius 1 is 1.44 bits per heavy atom. The van der Waals surface area contributed by atoms with Crippen molar-refractivity contribution in [3.63, 3.8) is 0 Å². The van der Waals surface area contributed by atoms with Crippen molar-refractivity contribution in [1.82, 2.24) is 5.32 Å². The SMILES string of the molecule is CCOc1cc(CNC(CC)C(=O)O)ccc1O. The Kier molecular flexibility index (Phi) is 5.45. The Morgan fingerprint density at radius 2 is 2.17 bits per heavy atom. The molecule has 0 radical (unpaired) electrons. The summed E-state index contributed by atoms with van der Waals surface area (Å²) >= 11 is 0. The van der Waals surface area contributed by atoms with Crippen LogP contribution in [0.1, 0.15) is 25.8 Å². The molecule has 0 aliphatic heterocycles. The predicted octanol–water partition coefficient (Wildman–Crippen LogP) is 1.74. The number of aliphatic carboxylic acids is 1. The van der Waals surface area contributed by atoms with Crippen LogP contribution in [-0.4, -0.2) is 28.8 Å². The summed E-state index contributed by atoms with van der Waals surface area (Å²) in [6.45, 7) is 4.54. The van der Waals surface area contributed by atoms with Gasteiger partial charge in [0.2, 0.25) is 0 Å². The van der Waals surface area contributed by atoms with Crippen LogP contribution in [0.4, 0.5) is 0 Å². The number of rotatable bonds is 7. The van der Waals surface area contributed by atoms with Crippen molar-refractivity contribution < 1.29 is 19.7 Å². The van der Waals surface area contributed by atoms with E-state index in [1.807, 2.05) is 13.8 Å². The van der Waals surface area contributed by atoms with Crippen molar-refractivity contribution >= 4 is 5.97 Å². The molecule has 3 N–H and O–H groups in total. The fraction of sp³-hybridized carbons (Fsp3) is 0.462. The predicted molar refractivity (Wildman–Crippen MR) is 67.8 cm³/mol. The number of hydrogen-bond donors (Lipinski definition) is 3. The molecule has 0 heterocycles. The summed E-state index contributed by atoms with van der Waals surface area (Å²) in [5.74, 6) is -0.354. The molecule has 0 bridgehead atoms. The van der Waals surface area contributed by atoms with E-state index in [2.05, 4.69) is 5.32 Å². The molecule has 5 heteroatoms. The number of benzene rings is 1. The molecule has 0 spiro atoms. The fourth-order valence-electron chi connectivity index (χ4n) is 1.59. The van der Waals surface area contributed by atoms with E-state index in [0.717, 1.165) is 5.56 Å². The maximum absolute atomic E-state index is 10.8. The third kappa shape index (κ3) is 3.92. The molecular weight excluding hydrogens is 234 g/mol. The lowest BCUT2D eigenvalue weighted by Crippen LogP contribution is -2.35. The average Bonchev–Trinajstić information content (AvgIpc) is 2.33. The Labute approximate surface area is 106 Å². The number of phenols is 1. The summed E-state index contributed by atoms with van der Waals surface area (Å²) in [5, 5.41) is 21.4. The largest absolute Gasteiger partial charge is 0.504 e. The van der Waals surface area contributed by atoms with E-state index in [1.165, 1.54) is 0 Å². The van der Waals surface area contributed by atoms with Crippen molar-refractivity contribution in [2.45, 2.75) is 32.9 Å². The zero-order valence-electron chi connectivity index (χ0n) is 10.6. The maximum atomic E-state index is 10.8. The van der Waals surface area contributed by atoms with Gasteiger partial charge >= 0.3 is 5.97 Å². The van der Waals surface area contributed by atoms with E-state index >= 15 is 0 Å². The number of carboxylic acid groups (broad SMARTS) is 1. The molecular formula is C13H19NO4. The first-order valence-electron chi connectivity index (χ1n) is 5.99. The van der Waals surface area contributed by atoms with Gasteiger partial charge in [0.1, 0.15) is 6.04 Å². The van der Waals surface area contributed by atoms with Gasteiger partial charge < -0.3 is 20.3 Å². The van der Waals surface area contributed by atoms with E-state index in [4.69, 9.17) is 9.84 Å². The van der Waals surface area contributed by atoms with Gasteiger partial charge in [-0.3, -0.25) is 4.79 Å². The van der Waals surface area contributed by atoms with E-state index in [1.54, 1.807) is 18.2 Å². The van der Waals surface area contributed by atoms with Gasteiger partial charge in [0, 0.05) is 6.54 Å². The van der Waals surface area contributed by atoms with Gasteiger partial charge in [-0.25, -0.2) is 0 Å². The molecule has 1 atom stereocenters. The van der Waals surface area contributed by atoms with Crippen molar-refractivity contribution in [2.75, 3.05) is 6.61 Å². The van der Waals surface area contributed by atoms with Gasteiger partial charge in [-0.2, -0.15) is 0 Å². The number of hydrogen-bond acceptors (Lipinski definition) is 4. The van der Waals surface area contributed by atoms with E-state index < -0.39 is 12.0 Å². The smallest absolute Gasteiger partial charge is 0.320 e. The van der Waals surface area contributed by atoms with Crippen LogP contribution in [-0.2, 0) is 11.3 Å². The Hall–Kier alpha value is -1.75. The number of aromatic hydroxyl groups is 1. The van der Waals surface area contributed by atoms with Crippen molar-refractivity contribution in [3.05, 3.63) is 23.8 Å². The van der Waals surface area contributed by atoms with Gasteiger partial charge in [-0.1, -0.05) is 13.0 Å². The van der Waals surface area contributed by atoms with Gasteiger partial charge in [-0.05, 0) is 31.0 Å². The van der Waals surface area contributed by atoms with Crippen LogP contribution in [0, 0.1) is 0 Å². The lowest BCUT2D eigenvalue weighted by atomic mass is 10.1. The summed E-state index contributed by atoms with van der Waals surface area (Å²) in [5.41, 5.74) is 0.871. The minimum absolute atomic E-state index is 0.0888. The number of carboxylic acids is 1. The third-order valence-electron chi connectivity index (χ3n) is 2.58. The van der Waals surface area contributed by atoms with Gasteiger partial charge in [-0.15, -0.1) is 0 Å². The molecule has 18 heavy (non-hydrogen) atoms. The number of ether oxygens (including phenoxy) is 1. The molecule has 0 aliphatic carbocycles. The van der Waals surface area contributed by atoms with Crippen LogP contribution in [0.5, 0.6) is 11.5 Å². The van der Waals surface area contributed by atoms with Gasteiger partial charge in [0.05, 0.1) is 6.61 Å². The number of carbonyl (C=O) groups is 1. The van der Waals surface area contributed by atoms with E-state index in [0.29, 0.717) is 25.3 Å². The lowest BCUT2D eigenvalue weighted by Gasteiger charge is -2.13. The van der Waals surface area contributed by atoms with Crippen LogP contribution in [0.3, 0.4) is 0 Å². The number of nitrogens with one attached hydrogen (secondary N) is 1. The molecule has 0 amide bonds. The lowest BCUT2D eigenvalue weighted by molar-refractivity contribution is -0.139. The highest BCUT2D eigenvalue weighted by Crippen LogP contribution is 2.26. The summed E-state index contributed by atoms with van der Waals surface area (Å²) in [4.78, 5) is 10.8. The molecule has 0 saturated heterocycles. The monoisotopic (exact) mass is 253 g/mol. The minimum Gasteiger partial charge on any atom is -0.504 e. The molecule has 0 aliphatic rings. The second-order valence-electron chi connectivity index (χ2n) is 3.92. The first-order chi connectivity index (χ1) is 8.58. The van der Waals surface area contributed by atoms with Gasteiger partial charge in [0.15, 0.2) is 11.5 Å². The molecule has 1 aromatic carbocycles. The zero-order chi connectivity index (χ0) is 13.5. The average molecular weight is 253 g/mol. The van der Waals surface area contributed by atoms with Crippen LogP contribution in [0.15, 0.2) is 18.2 Å². The highest BCUT2D eigenvalue weighted by atomic mass is 16.5. The van der Waals surface area contributed by atoms with Gasteiger partial charge in [0.25, 0.3) is 0 Å². The molecule has 0 fully saturated rings. The molecule has 100 valence electrons. The highest BCUT2D eigenvalue weighted by molar-refractivity contribution is 5.73. The topological polar surface area (TPSA) is 78.8 Å². The minimum atomic E-state index is -0.860. The van der Waals surface area contributed by atoms with Crippen LogP contribution in [0.2, 0.25) is 0 Å². The summed E-state index contributed by atoms with van der Waals surface area (Å²) < 4.78 is 5.26. The normalized spacial score (nSPS) is 12.1. The summed E-state index contributed by atoms with van der Waals surface area (Å²) in [7, 11) is 0. The fourth-order valence-corrected chi connectivity index (χ4v) is 1.59. The Bertz CT molecular complexity index is 406. The van der Waals surface area contributed by atoms with E-state index in [9.17, 15) is 9.90 Å². The highest BCUT2D eigenvalue weighted by Gasteiger charge is 2.14. The number of phenolic OH excluding ortho intramolecular Hbond substituents is 1. The second kappa shape index (κ2) is 6.86. The standard InChI is InChI=1S/C13H19NO4/c1-3-10(13(16)17)14-8-9-5-6-11(15)12(7-9)18-4-2/h5-7,10,14-15H,3-4,8H2,1-2H3,(H,16,17). The van der Waals surface area contributed by atoms with E-state index in [-0.39, 0.29) is 5.75 Å². The maximum Gasteiger partial charge on any atom is 0.320 e. The quantitative estimate of drug-likeness (QED) is 0.690. The molecule has 1 rings (SSSR count). The van der Waals surface area contributed by atoms with Crippen LogP contribution < -0.4 is 10.1 Å². The van der Waals surface area contributed by atoms with Crippen LogP contribution in [0.25, 0.3) is 0 Å². The Morgan fingerprint density at radius 3 is 2.72 bits per heavy atom. The first kappa shape index (κ1) is 14.3. The summed E-state index contributed by atoms with van der Waals surface area (Å²) in [6.07, 6.45) is 0.520. The Balaban J connectivity index is 2.67. The third-order valence-corrected chi connectivity index (χ3v) is 2.58. The van der Waals surface area contributed by atoms with Crippen molar-refractivity contribution in [1.29, 1.82) is 0 Å². The summed E-state index contributed by atoms with van der Waals surface area (Å²) in [6, 6.07) is 4.43. The van der Waals surface area contributed by atoms with Crippen molar-refractivity contribution in [2.24, 2.45) is 0 Å². The molecule has 1 unspecified atom stereocenters. The zero-order valence-corrected chi connectivity index (χ0v) is 10.6. The van der Waals surface area contributed by atoms with Crippen LogP contribution >= 0.6 is 0 Å². The second-order valence-corrected chi connectivity index (χ2v) is 3.92. The molecule has 5 nitrogen and oxygen atoms in total. The van der Waals surface area contributed by atoms with Crippen molar-refractivity contribution in [3.8, 4) is 11.5 Å². The molecule has 1 aromatic rings. The first-order valence-corrected chi connectivity index (χ1v) is 5.99.